The van der Waals surface area contributed by atoms with E-state index in [9.17, 15) is 9.90 Å². The van der Waals surface area contributed by atoms with Crippen LogP contribution in [0, 0.1) is 0 Å². The highest BCUT2D eigenvalue weighted by Gasteiger charge is 2.42. The largest absolute Gasteiger partial charge is 0.394 e. The molecule has 3 rings (SSSR count). The van der Waals surface area contributed by atoms with Crippen LogP contribution in [-0.2, 0) is 9.47 Å². The first-order chi connectivity index (χ1) is 10.2. The highest BCUT2D eigenvalue weighted by atomic mass is 16.7. The van der Waals surface area contributed by atoms with Crippen LogP contribution in [0.15, 0.2) is 0 Å². The summed E-state index contributed by atoms with van der Waals surface area (Å²) in [5, 5.41) is 12.2. The van der Waals surface area contributed by atoms with Crippen LogP contribution < -0.4 is 5.32 Å². The van der Waals surface area contributed by atoms with Gasteiger partial charge in [0.05, 0.1) is 32.4 Å². The standard InChI is InChI=1S/C14H25N3O4/c18-10-12-2-1-5-17(12)13(19)15-4-7-16-6-3-14(11-16)20-8-9-21-14/h12,18H,1-11H2,(H,15,19)/t12-/m0/s1. The van der Waals surface area contributed by atoms with Crippen LogP contribution in [0.25, 0.3) is 0 Å². The molecule has 0 aromatic carbocycles. The summed E-state index contributed by atoms with van der Waals surface area (Å²) >= 11 is 0. The number of likely N-dealkylation sites (tertiary alicyclic amines) is 2. The molecule has 3 fully saturated rings. The number of carbonyl (C=O) groups excluding carboxylic acids is 1. The molecule has 0 bridgehead atoms. The normalized spacial score (nSPS) is 28.6. The quantitative estimate of drug-likeness (QED) is 0.739. The average molecular weight is 299 g/mol. The third-order valence-electron chi connectivity index (χ3n) is 4.64. The van der Waals surface area contributed by atoms with Crippen LogP contribution in [0.3, 0.4) is 0 Å². The first-order valence-electron chi connectivity index (χ1n) is 7.88. The molecule has 0 unspecified atom stereocenters. The summed E-state index contributed by atoms with van der Waals surface area (Å²) in [5.74, 6) is -0.388. The number of hydrogen-bond donors (Lipinski definition) is 2. The number of urea groups is 1. The van der Waals surface area contributed by atoms with Gasteiger partial charge < -0.3 is 24.8 Å². The van der Waals surface area contributed by atoms with Gasteiger partial charge in [-0.05, 0) is 12.8 Å². The van der Waals surface area contributed by atoms with Gasteiger partial charge in [-0.15, -0.1) is 0 Å². The zero-order chi connectivity index (χ0) is 14.7. The molecule has 7 nitrogen and oxygen atoms in total. The van der Waals surface area contributed by atoms with E-state index in [2.05, 4.69) is 10.2 Å². The van der Waals surface area contributed by atoms with E-state index in [4.69, 9.17) is 9.47 Å². The Labute approximate surface area is 125 Å². The Hall–Kier alpha value is -0.890. The second kappa shape index (κ2) is 6.48. The topological polar surface area (TPSA) is 74.3 Å². The molecule has 1 atom stereocenters. The van der Waals surface area contributed by atoms with E-state index >= 15 is 0 Å². The first-order valence-corrected chi connectivity index (χ1v) is 7.88. The third-order valence-corrected chi connectivity index (χ3v) is 4.64. The molecule has 0 aromatic heterocycles. The van der Waals surface area contributed by atoms with Gasteiger partial charge in [0, 0.05) is 32.6 Å². The molecule has 0 saturated carbocycles. The van der Waals surface area contributed by atoms with Crippen LogP contribution in [0.1, 0.15) is 19.3 Å². The van der Waals surface area contributed by atoms with Crippen molar-refractivity contribution in [2.45, 2.75) is 31.1 Å². The molecule has 0 radical (unpaired) electrons. The molecule has 3 saturated heterocycles. The molecule has 1 spiro atoms. The Balaban J connectivity index is 1.37. The summed E-state index contributed by atoms with van der Waals surface area (Å²) in [6.07, 6.45) is 2.77. The summed E-state index contributed by atoms with van der Waals surface area (Å²) in [6, 6.07) is -0.0748. The van der Waals surface area contributed by atoms with Gasteiger partial charge in [-0.25, -0.2) is 4.79 Å². The minimum absolute atomic E-state index is 0.0136. The van der Waals surface area contributed by atoms with Crippen LogP contribution in [0.4, 0.5) is 4.79 Å². The van der Waals surface area contributed by atoms with Gasteiger partial charge >= 0.3 is 6.03 Å². The lowest BCUT2D eigenvalue weighted by Crippen LogP contribution is -2.46. The summed E-state index contributed by atoms with van der Waals surface area (Å²) in [7, 11) is 0. The van der Waals surface area contributed by atoms with Gasteiger partial charge in [0.2, 0.25) is 0 Å². The maximum absolute atomic E-state index is 12.1. The molecule has 21 heavy (non-hydrogen) atoms. The smallest absolute Gasteiger partial charge is 0.317 e. The Kier molecular flexibility index (Phi) is 4.63. The van der Waals surface area contributed by atoms with Gasteiger partial charge in [0.15, 0.2) is 5.79 Å². The molecule has 2 N–H and O–H groups in total. The molecule has 3 heterocycles. The van der Waals surface area contributed by atoms with E-state index in [1.807, 2.05) is 0 Å². The number of ether oxygens (including phenoxy) is 2. The van der Waals surface area contributed by atoms with E-state index in [0.29, 0.717) is 19.8 Å². The van der Waals surface area contributed by atoms with Gasteiger partial charge in [-0.2, -0.15) is 0 Å². The van der Waals surface area contributed by atoms with E-state index in [0.717, 1.165) is 45.4 Å². The summed E-state index contributed by atoms with van der Waals surface area (Å²) in [4.78, 5) is 16.1. The molecular formula is C14H25N3O4. The van der Waals surface area contributed by atoms with Crippen molar-refractivity contribution in [3.8, 4) is 0 Å². The SMILES string of the molecule is O=C(NCCN1CCC2(C1)OCCO2)N1CCC[C@H]1CO. The van der Waals surface area contributed by atoms with Crippen molar-refractivity contribution in [1.29, 1.82) is 0 Å². The predicted octanol–water partition coefficient (Wildman–Crippen LogP) is -0.398. The average Bonchev–Trinajstić information content (AvgIpc) is 3.21. The second-order valence-corrected chi connectivity index (χ2v) is 6.04. The van der Waals surface area contributed by atoms with E-state index in [1.54, 1.807) is 4.90 Å². The lowest BCUT2D eigenvalue weighted by Gasteiger charge is -2.25. The fourth-order valence-electron chi connectivity index (χ4n) is 3.47. The highest BCUT2D eigenvalue weighted by molar-refractivity contribution is 5.74. The number of rotatable bonds is 4. The van der Waals surface area contributed by atoms with Gasteiger partial charge in [-0.1, -0.05) is 0 Å². The van der Waals surface area contributed by atoms with Crippen LogP contribution in [0.2, 0.25) is 0 Å². The first kappa shape index (κ1) is 15.0. The second-order valence-electron chi connectivity index (χ2n) is 6.04. The predicted molar refractivity (Wildman–Crippen MR) is 75.9 cm³/mol. The Morgan fingerprint density at radius 2 is 2.14 bits per heavy atom. The number of hydrogen-bond acceptors (Lipinski definition) is 5. The monoisotopic (exact) mass is 299 g/mol. The molecule has 3 aliphatic rings. The number of aliphatic hydroxyl groups is 1. The van der Waals surface area contributed by atoms with E-state index in [-0.39, 0.29) is 24.5 Å². The minimum Gasteiger partial charge on any atom is -0.394 e. The van der Waals surface area contributed by atoms with Crippen molar-refractivity contribution >= 4 is 6.03 Å². The van der Waals surface area contributed by atoms with Crippen molar-refractivity contribution < 1.29 is 19.4 Å². The Bertz CT molecular complexity index is 373. The summed E-state index contributed by atoms with van der Waals surface area (Å²) in [6.45, 7) is 5.30. The fraction of sp³-hybridized carbons (Fsp3) is 0.929. The van der Waals surface area contributed by atoms with Gasteiger partial charge in [-0.3, -0.25) is 4.90 Å². The molecule has 2 amide bonds. The van der Waals surface area contributed by atoms with Crippen LogP contribution in [0.5, 0.6) is 0 Å². The van der Waals surface area contributed by atoms with E-state index < -0.39 is 0 Å². The minimum atomic E-state index is -0.388. The molecule has 0 aromatic rings. The van der Waals surface area contributed by atoms with Gasteiger partial charge in [0.1, 0.15) is 0 Å². The number of amides is 2. The van der Waals surface area contributed by atoms with E-state index in [1.165, 1.54) is 0 Å². The number of nitrogens with zero attached hydrogens (tertiary/aromatic N) is 2. The summed E-state index contributed by atoms with van der Waals surface area (Å²) < 4.78 is 11.4. The summed E-state index contributed by atoms with van der Waals surface area (Å²) in [5.41, 5.74) is 0. The lowest BCUT2D eigenvalue weighted by atomic mass is 10.2. The van der Waals surface area contributed by atoms with Crippen molar-refractivity contribution in [3.05, 3.63) is 0 Å². The van der Waals surface area contributed by atoms with Crippen molar-refractivity contribution in [3.63, 3.8) is 0 Å². The van der Waals surface area contributed by atoms with Crippen molar-refractivity contribution in [1.82, 2.24) is 15.1 Å². The zero-order valence-corrected chi connectivity index (χ0v) is 12.4. The molecule has 3 aliphatic heterocycles. The van der Waals surface area contributed by atoms with Crippen molar-refractivity contribution in [2.24, 2.45) is 0 Å². The fourth-order valence-corrected chi connectivity index (χ4v) is 3.47. The maximum atomic E-state index is 12.1. The Morgan fingerprint density at radius 1 is 1.33 bits per heavy atom. The zero-order valence-electron chi connectivity index (χ0n) is 12.4. The maximum Gasteiger partial charge on any atom is 0.317 e. The Morgan fingerprint density at radius 3 is 2.90 bits per heavy atom. The molecule has 7 heteroatoms. The number of carbonyl (C=O) groups is 1. The molecular weight excluding hydrogens is 274 g/mol. The number of nitrogens with one attached hydrogen (secondary N) is 1. The lowest BCUT2D eigenvalue weighted by molar-refractivity contribution is -0.145. The van der Waals surface area contributed by atoms with Crippen molar-refractivity contribution in [2.75, 3.05) is 52.5 Å². The molecule has 0 aliphatic carbocycles. The van der Waals surface area contributed by atoms with Crippen LogP contribution in [-0.4, -0.2) is 85.3 Å². The number of aliphatic hydroxyl groups excluding tert-OH is 1. The van der Waals surface area contributed by atoms with Crippen LogP contribution >= 0.6 is 0 Å². The van der Waals surface area contributed by atoms with Gasteiger partial charge in [0.25, 0.3) is 0 Å². The molecule has 120 valence electrons. The third kappa shape index (κ3) is 3.31. The highest BCUT2D eigenvalue weighted by Crippen LogP contribution is 2.29.